The Kier molecular flexibility index (Phi) is 6.28. The molecule has 1 N–H and O–H groups in total. The van der Waals surface area contributed by atoms with Crippen LogP contribution < -0.4 is 5.32 Å². The fourth-order valence-corrected chi connectivity index (χ4v) is 1.63. The van der Waals surface area contributed by atoms with Gasteiger partial charge < -0.3 is 14.5 Å². The van der Waals surface area contributed by atoms with Crippen LogP contribution in [-0.4, -0.2) is 25.5 Å². The van der Waals surface area contributed by atoms with E-state index in [1.54, 1.807) is 0 Å². The first kappa shape index (κ1) is 14.6. The van der Waals surface area contributed by atoms with Crippen LogP contribution >= 0.6 is 11.6 Å². The van der Waals surface area contributed by atoms with Crippen molar-refractivity contribution in [1.82, 2.24) is 5.32 Å². The average molecular weight is 274 g/mol. The summed E-state index contributed by atoms with van der Waals surface area (Å²) in [4.78, 5) is 22.4. The second-order valence-corrected chi connectivity index (χ2v) is 4.09. The summed E-state index contributed by atoms with van der Waals surface area (Å²) >= 11 is 5.67. The van der Waals surface area contributed by atoms with E-state index >= 15 is 0 Å². The van der Waals surface area contributed by atoms with Crippen LogP contribution in [0, 0.1) is 0 Å². The highest BCUT2D eigenvalue weighted by Gasteiger charge is 2.11. The van der Waals surface area contributed by atoms with E-state index in [4.69, 9.17) is 16.0 Å². The van der Waals surface area contributed by atoms with E-state index in [0.717, 1.165) is 19.3 Å². The van der Waals surface area contributed by atoms with Crippen molar-refractivity contribution in [3.63, 3.8) is 0 Å². The Labute approximate surface area is 110 Å². The number of carbonyl (C=O) groups excluding carboxylic acids is 2. The molecule has 1 aromatic heterocycles. The number of esters is 1. The quantitative estimate of drug-likeness (QED) is 0.612. The van der Waals surface area contributed by atoms with E-state index in [1.807, 2.05) is 0 Å². The predicted molar refractivity (Wildman–Crippen MR) is 66.5 cm³/mol. The summed E-state index contributed by atoms with van der Waals surface area (Å²) in [6, 6.07) is 1.52. The molecular formula is C12H16ClNO4. The number of nitrogens with one attached hydrogen (secondary N) is 1. The maximum Gasteiger partial charge on any atom is 0.305 e. The van der Waals surface area contributed by atoms with Crippen molar-refractivity contribution in [2.45, 2.75) is 25.7 Å². The predicted octanol–water partition coefficient (Wildman–Crippen LogP) is 2.40. The summed E-state index contributed by atoms with van der Waals surface area (Å²) in [5, 5.41) is 2.82. The fourth-order valence-electron chi connectivity index (χ4n) is 1.43. The third-order valence-electron chi connectivity index (χ3n) is 2.43. The molecule has 100 valence electrons. The Morgan fingerprint density at radius 2 is 2.17 bits per heavy atom. The number of unbranched alkanes of at least 4 members (excludes halogenated alkanes) is 2. The first-order chi connectivity index (χ1) is 8.65. The zero-order valence-corrected chi connectivity index (χ0v) is 11.0. The minimum Gasteiger partial charge on any atom is -0.469 e. The molecule has 6 heteroatoms. The molecule has 18 heavy (non-hydrogen) atoms. The van der Waals surface area contributed by atoms with E-state index < -0.39 is 0 Å². The second-order valence-electron chi connectivity index (χ2n) is 3.75. The molecule has 0 aliphatic rings. The summed E-state index contributed by atoms with van der Waals surface area (Å²) in [5.41, 5.74) is 0.339. The molecule has 1 amide bonds. The number of carbonyl (C=O) groups is 2. The summed E-state index contributed by atoms with van der Waals surface area (Å²) < 4.78 is 9.35. The monoisotopic (exact) mass is 273 g/mol. The van der Waals surface area contributed by atoms with E-state index in [1.165, 1.54) is 19.4 Å². The maximum atomic E-state index is 11.6. The molecule has 0 aromatic carbocycles. The van der Waals surface area contributed by atoms with E-state index in [9.17, 15) is 9.59 Å². The van der Waals surface area contributed by atoms with Gasteiger partial charge in [0.25, 0.3) is 5.91 Å². The van der Waals surface area contributed by atoms with Gasteiger partial charge in [-0.15, -0.1) is 0 Å². The molecule has 0 bridgehead atoms. The number of rotatable bonds is 7. The lowest BCUT2D eigenvalue weighted by Crippen LogP contribution is -2.24. The Hall–Kier alpha value is -1.49. The first-order valence-electron chi connectivity index (χ1n) is 5.73. The van der Waals surface area contributed by atoms with Crippen molar-refractivity contribution in [2.24, 2.45) is 0 Å². The van der Waals surface area contributed by atoms with Crippen molar-refractivity contribution in [3.05, 3.63) is 23.1 Å². The van der Waals surface area contributed by atoms with Gasteiger partial charge in [-0.2, -0.15) is 0 Å². The highest BCUT2D eigenvalue weighted by molar-refractivity contribution is 6.32. The molecule has 0 unspecified atom stereocenters. The highest BCUT2D eigenvalue weighted by Crippen LogP contribution is 2.16. The van der Waals surface area contributed by atoms with Crippen LogP contribution in [0.25, 0.3) is 0 Å². The molecule has 0 aliphatic carbocycles. The Bertz CT molecular complexity index is 403. The third kappa shape index (κ3) is 4.79. The van der Waals surface area contributed by atoms with Gasteiger partial charge in [0.05, 0.1) is 18.9 Å². The molecule has 1 aromatic rings. The fraction of sp³-hybridized carbons (Fsp3) is 0.500. The van der Waals surface area contributed by atoms with Crippen LogP contribution in [0.4, 0.5) is 0 Å². The Balaban J connectivity index is 2.10. The average Bonchev–Trinajstić information content (AvgIpc) is 2.79. The van der Waals surface area contributed by atoms with Crippen molar-refractivity contribution >= 4 is 23.5 Å². The van der Waals surface area contributed by atoms with Crippen molar-refractivity contribution < 1.29 is 18.7 Å². The summed E-state index contributed by atoms with van der Waals surface area (Å²) in [6.45, 7) is 0.543. The van der Waals surface area contributed by atoms with Gasteiger partial charge in [-0.25, -0.2) is 0 Å². The molecule has 0 spiro atoms. The van der Waals surface area contributed by atoms with E-state index in [-0.39, 0.29) is 17.1 Å². The smallest absolute Gasteiger partial charge is 0.305 e. The Morgan fingerprint density at radius 1 is 1.39 bits per heavy atom. The molecule has 5 nitrogen and oxygen atoms in total. The first-order valence-corrected chi connectivity index (χ1v) is 6.11. The molecule has 0 radical (unpaired) electrons. The van der Waals surface area contributed by atoms with Crippen LogP contribution in [0.2, 0.25) is 5.22 Å². The maximum absolute atomic E-state index is 11.6. The van der Waals surface area contributed by atoms with Crippen molar-refractivity contribution in [2.75, 3.05) is 13.7 Å². The summed E-state index contributed by atoms with van der Waals surface area (Å²) in [7, 11) is 1.37. The third-order valence-corrected chi connectivity index (χ3v) is 2.73. The lowest BCUT2D eigenvalue weighted by atomic mass is 10.2. The van der Waals surface area contributed by atoms with Crippen LogP contribution in [-0.2, 0) is 9.53 Å². The molecule has 0 fully saturated rings. The molecular weight excluding hydrogens is 258 g/mol. The normalized spacial score (nSPS) is 10.1. The SMILES string of the molecule is COC(=O)CCCCCNC(=O)c1ccoc1Cl. The van der Waals surface area contributed by atoms with Gasteiger partial charge in [-0.3, -0.25) is 9.59 Å². The number of halogens is 1. The zero-order chi connectivity index (χ0) is 13.4. The van der Waals surface area contributed by atoms with E-state index in [0.29, 0.717) is 18.5 Å². The van der Waals surface area contributed by atoms with Gasteiger partial charge in [-0.05, 0) is 30.5 Å². The summed E-state index contributed by atoms with van der Waals surface area (Å²) in [6.07, 6.45) is 4.20. The van der Waals surface area contributed by atoms with Gasteiger partial charge in [-0.1, -0.05) is 6.42 Å². The number of hydrogen-bond acceptors (Lipinski definition) is 4. The molecule has 1 rings (SSSR count). The zero-order valence-electron chi connectivity index (χ0n) is 10.2. The minimum atomic E-state index is -0.248. The number of methoxy groups -OCH3 is 1. The number of amides is 1. The van der Waals surface area contributed by atoms with Gasteiger partial charge >= 0.3 is 5.97 Å². The minimum absolute atomic E-state index is 0.0955. The molecule has 0 atom stereocenters. The van der Waals surface area contributed by atoms with Crippen LogP contribution in [0.5, 0.6) is 0 Å². The van der Waals surface area contributed by atoms with E-state index in [2.05, 4.69) is 10.1 Å². The van der Waals surface area contributed by atoms with Gasteiger partial charge in [0.15, 0.2) is 0 Å². The van der Waals surface area contributed by atoms with Crippen molar-refractivity contribution in [3.8, 4) is 0 Å². The lowest BCUT2D eigenvalue weighted by Gasteiger charge is -2.03. The van der Waals surface area contributed by atoms with Crippen molar-refractivity contribution in [1.29, 1.82) is 0 Å². The molecule has 0 aliphatic heterocycles. The standard InChI is InChI=1S/C12H16ClNO4/c1-17-10(15)5-3-2-4-7-14-12(16)9-6-8-18-11(9)13/h6,8H,2-5,7H2,1H3,(H,14,16). The molecule has 0 saturated carbocycles. The topological polar surface area (TPSA) is 68.5 Å². The Morgan fingerprint density at radius 3 is 2.78 bits per heavy atom. The number of furan rings is 1. The highest BCUT2D eigenvalue weighted by atomic mass is 35.5. The lowest BCUT2D eigenvalue weighted by molar-refractivity contribution is -0.140. The van der Waals surface area contributed by atoms with Crippen LogP contribution in [0.3, 0.4) is 0 Å². The summed E-state index contributed by atoms with van der Waals surface area (Å²) in [5.74, 6) is -0.453. The van der Waals surface area contributed by atoms with Crippen LogP contribution in [0.15, 0.2) is 16.7 Å². The van der Waals surface area contributed by atoms with Gasteiger partial charge in [0.2, 0.25) is 5.22 Å². The van der Waals surface area contributed by atoms with Crippen LogP contribution in [0.1, 0.15) is 36.0 Å². The second kappa shape index (κ2) is 7.76. The number of hydrogen-bond donors (Lipinski definition) is 1. The number of ether oxygens (including phenoxy) is 1. The van der Waals surface area contributed by atoms with Gasteiger partial charge in [0, 0.05) is 13.0 Å². The largest absolute Gasteiger partial charge is 0.469 e. The molecule has 0 saturated heterocycles. The van der Waals surface area contributed by atoms with Gasteiger partial charge in [0.1, 0.15) is 0 Å². The molecule has 1 heterocycles.